The lowest BCUT2D eigenvalue weighted by Gasteiger charge is -1.99. The molecule has 1 aromatic carbocycles. The number of fused-ring (bicyclic) bond motifs is 1. The van der Waals surface area contributed by atoms with Crippen molar-refractivity contribution in [2.45, 2.75) is 13.3 Å². The summed E-state index contributed by atoms with van der Waals surface area (Å²) in [5, 5.41) is 3.78. The number of anilines is 1. The van der Waals surface area contributed by atoms with E-state index in [0.717, 1.165) is 17.3 Å². The Hall–Kier alpha value is -1.97. The second-order valence-corrected chi connectivity index (χ2v) is 3.79. The maximum atomic E-state index is 11.7. The van der Waals surface area contributed by atoms with E-state index in [2.05, 4.69) is 10.3 Å². The van der Waals surface area contributed by atoms with Crippen LogP contribution in [0.4, 0.5) is 5.69 Å². The summed E-state index contributed by atoms with van der Waals surface area (Å²) in [5.74, 6) is -0.0726. The van der Waals surface area contributed by atoms with Crippen molar-refractivity contribution in [1.29, 1.82) is 0 Å². The molecule has 4 heteroatoms. The number of benzene rings is 1. The van der Waals surface area contributed by atoms with E-state index in [9.17, 15) is 4.79 Å². The van der Waals surface area contributed by atoms with Crippen LogP contribution in [-0.2, 0) is 0 Å². The van der Waals surface area contributed by atoms with E-state index in [1.54, 1.807) is 0 Å². The zero-order chi connectivity index (χ0) is 11.5. The number of aromatic nitrogens is 1. The fourth-order valence-corrected chi connectivity index (χ4v) is 1.61. The molecule has 0 aliphatic carbocycles. The van der Waals surface area contributed by atoms with Gasteiger partial charge in [-0.3, -0.25) is 4.79 Å². The third kappa shape index (κ3) is 2.00. The van der Waals surface area contributed by atoms with Gasteiger partial charge in [-0.15, -0.1) is 0 Å². The van der Waals surface area contributed by atoms with Gasteiger partial charge in [-0.05, 0) is 30.7 Å². The van der Waals surface area contributed by atoms with Crippen LogP contribution in [0.2, 0.25) is 0 Å². The van der Waals surface area contributed by atoms with Crippen LogP contribution in [0, 0.1) is 0 Å². The Bertz CT molecular complexity index is 516. The first-order chi connectivity index (χ1) is 7.70. The standard InChI is InChI=1S/C12H15N3O/c1-2-5-14-12(16)11-7-8-6-9(13)3-4-10(8)15-11/h3-4,6-7,15H,2,5,13H2,1H3,(H,14,16). The summed E-state index contributed by atoms with van der Waals surface area (Å²) in [6, 6.07) is 7.35. The summed E-state index contributed by atoms with van der Waals surface area (Å²) in [5.41, 5.74) is 7.88. The molecule has 0 saturated heterocycles. The molecule has 1 heterocycles. The highest BCUT2D eigenvalue weighted by atomic mass is 16.1. The van der Waals surface area contributed by atoms with Crippen molar-refractivity contribution in [1.82, 2.24) is 10.3 Å². The number of aromatic amines is 1. The minimum atomic E-state index is -0.0726. The molecule has 2 rings (SSSR count). The van der Waals surface area contributed by atoms with Gasteiger partial charge in [0.2, 0.25) is 0 Å². The predicted molar refractivity (Wildman–Crippen MR) is 65.3 cm³/mol. The molecule has 0 fully saturated rings. The number of hydrogen-bond donors (Lipinski definition) is 3. The average Bonchev–Trinajstić information content (AvgIpc) is 2.68. The number of nitrogen functional groups attached to an aromatic ring is 1. The smallest absolute Gasteiger partial charge is 0.267 e. The number of rotatable bonds is 3. The van der Waals surface area contributed by atoms with Gasteiger partial charge in [-0.2, -0.15) is 0 Å². The summed E-state index contributed by atoms with van der Waals surface area (Å²) >= 11 is 0. The second kappa shape index (κ2) is 4.26. The monoisotopic (exact) mass is 217 g/mol. The molecule has 2 aromatic rings. The molecule has 4 nitrogen and oxygen atoms in total. The Morgan fingerprint density at radius 1 is 1.44 bits per heavy atom. The fourth-order valence-electron chi connectivity index (χ4n) is 1.61. The zero-order valence-electron chi connectivity index (χ0n) is 9.21. The molecule has 1 amide bonds. The number of nitrogens with one attached hydrogen (secondary N) is 2. The first-order valence-electron chi connectivity index (χ1n) is 5.37. The molecule has 84 valence electrons. The van der Waals surface area contributed by atoms with Gasteiger partial charge in [0.1, 0.15) is 5.69 Å². The number of carbonyl (C=O) groups is 1. The van der Waals surface area contributed by atoms with E-state index >= 15 is 0 Å². The van der Waals surface area contributed by atoms with E-state index in [1.165, 1.54) is 0 Å². The Morgan fingerprint density at radius 3 is 3.00 bits per heavy atom. The summed E-state index contributed by atoms with van der Waals surface area (Å²) in [4.78, 5) is 14.7. The summed E-state index contributed by atoms with van der Waals surface area (Å²) in [7, 11) is 0. The van der Waals surface area contributed by atoms with Gasteiger partial charge in [0, 0.05) is 23.1 Å². The minimum absolute atomic E-state index is 0.0726. The van der Waals surface area contributed by atoms with E-state index in [1.807, 2.05) is 31.2 Å². The van der Waals surface area contributed by atoms with Gasteiger partial charge in [-0.25, -0.2) is 0 Å². The molecule has 0 spiro atoms. The van der Waals surface area contributed by atoms with Gasteiger partial charge in [0.05, 0.1) is 0 Å². The van der Waals surface area contributed by atoms with Crippen LogP contribution >= 0.6 is 0 Å². The highest BCUT2D eigenvalue weighted by Crippen LogP contribution is 2.18. The maximum Gasteiger partial charge on any atom is 0.267 e. The van der Waals surface area contributed by atoms with Crippen molar-refractivity contribution in [2.75, 3.05) is 12.3 Å². The second-order valence-electron chi connectivity index (χ2n) is 3.79. The maximum absolute atomic E-state index is 11.7. The van der Waals surface area contributed by atoms with Gasteiger partial charge in [-0.1, -0.05) is 6.92 Å². The van der Waals surface area contributed by atoms with Gasteiger partial charge in [0.25, 0.3) is 5.91 Å². The van der Waals surface area contributed by atoms with Crippen LogP contribution in [-0.4, -0.2) is 17.4 Å². The molecule has 0 aliphatic rings. The molecule has 4 N–H and O–H groups in total. The molecule has 0 bridgehead atoms. The van der Waals surface area contributed by atoms with Gasteiger partial charge >= 0.3 is 0 Å². The van der Waals surface area contributed by atoms with Crippen molar-refractivity contribution < 1.29 is 4.79 Å². The SMILES string of the molecule is CCCNC(=O)c1cc2cc(N)ccc2[nH]1. The molecular formula is C12H15N3O. The normalized spacial score (nSPS) is 10.6. The molecule has 0 aliphatic heterocycles. The quantitative estimate of drug-likeness (QED) is 0.687. The van der Waals surface area contributed by atoms with Crippen molar-refractivity contribution in [3.05, 3.63) is 30.0 Å². The van der Waals surface area contributed by atoms with Crippen LogP contribution in [0.5, 0.6) is 0 Å². The molecule has 0 unspecified atom stereocenters. The van der Waals surface area contributed by atoms with E-state index in [0.29, 0.717) is 17.9 Å². The summed E-state index contributed by atoms with van der Waals surface area (Å²) in [6.07, 6.45) is 0.929. The summed E-state index contributed by atoms with van der Waals surface area (Å²) < 4.78 is 0. The fraction of sp³-hybridized carbons (Fsp3) is 0.250. The number of hydrogen-bond acceptors (Lipinski definition) is 2. The Morgan fingerprint density at radius 2 is 2.25 bits per heavy atom. The van der Waals surface area contributed by atoms with E-state index in [4.69, 9.17) is 5.73 Å². The van der Waals surface area contributed by atoms with Crippen molar-refractivity contribution in [2.24, 2.45) is 0 Å². The van der Waals surface area contributed by atoms with Crippen molar-refractivity contribution >= 4 is 22.5 Å². The minimum Gasteiger partial charge on any atom is -0.399 e. The third-order valence-corrected chi connectivity index (χ3v) is 2.42. The number of nitrogens with two attached hydrogens (primary N) is 1. The molecular weight excluding hydrogens is 202 g/mol. The summed E-state index contributed by atoms with van der Waals surface area (Å²) in [6.45, 7) is 2.71. The number of H-pyrrole nitrogens is 1. The predicted octanol–water partition coefficient (Wildman–Crippen LogP) is 1.89. The van der Waals surface area contributed by atoms with Crippen LogP contribution in [0.1, 0.15) is 23.8 Å². The lowest BCUT2D eigenvalue weighted by Crippen LogP contribution is -2.24. The molecule has 1 aromatic heterocycles. The molecule has 0 saturated carbocycles. The molecule has 0 radical (unpaired) electrons. The lowest BCUT2D eigenvalue weighted by molar-refractivity contribution is 0.0949. The van der Waals surface area contributed by atoms with Gasteiger partial charge < -0.3 is 16.0 Å². The molecule has 0 atom stereocenters. The topological polar surface area (TPSA) is 70.9 Å². The van der Waals surface area contributed by atoms with Crippen LogP contribution < -0.4 is 11.1 Å². The first-order valence-corrected chi connectivity index (χ1v) is 5.37. The Balaban J connectivity index is 2.28. The lowest BCUT2D eigenvalue weighted by atomic mass is 10.2. The molecule has 16 heavy (non-hydrogen) atoms. The first kappa shape index (κ1) is 10.5. The van der Waals surface area contributed by atoms with Gasteiger partial charge in [0.15, 0.2) is 0 Å². The highest BCUT2D eigenvalue weighted by molar-refractivity contribution is 5.98. The Labute approximate surface area is 93.8 Å². The van der Waals surface area contributed by atoms with Crippen molar-refractivity contribution in [3.63, 3.8) is 0 Å². The van der Waals surface area contributed by atoms with Crippen LogP contribution in [0.15, 0.2) is 24.3 Å². The zero-order valence-corrected chi connectivity index (χ0v) is 9.21. The van der Waals surface area contributed by atoms with E-state index < -0.39 is 0 Å². The van der Waals surface area contributed by atoms with Crippen LogP contribution in [0.25, 0.3) is 10.9 Å². The van der Waals surface area contributed by atoms with E-state index in [-0.39, 0.29) is 5.91 Å². The average molecular weight is 217 g/mol. The van der Waals surface area contributed by atoms with Crippen LogP contribution in [0.3, 0.4) is 0 Å². The third-order valence-electron chi connectivity index (χ3n) is 2.42. The highest BCUT2D eigenvalue weighted by Gasteiger charge is 2.08. The number of amides is 1. The number of carbonyl (C=O) groups excluding carboxylic acids is 1. The Kier molecular flexibility index (Phi) is 2.81. The van der Waals surface area contributed by atoms with Crippen molar-refractivity contribution in [3.8, 4) is 0 Å². The largest absolute Gasteiger partial charge is 0.399 e.